The maximum absolute atomic E-state index is 11.9. The van der Waals surface area contributed by atoms with Crippen molar-refractivity contribution >= 4 is 50.8 Å². The lowest BCUT2D eigenvalue weighted by Gasteiger charge is -2.31. The van der Waals surface area contributed by atoms with Crippen LogP contribution in [-0.4, -0.2) is 46.7 Å². The van der Waals surface area contributed by atoms with E-state index in [0.717, 1.165) is 63.1 Å². The van der Waals surface area contributed by atoms with Crippen molar-refractivity contribution in [1.82, 2.24) is 14.5 Å². The number of amides is 1. The van der Waals surface area contributed by atoms with Crippen molar-refractivity contribution in [3.63, 3.8) is 0 Å². The Morgan fingerprint density at radius 3 is 2.71 bits per heavy atom. The zero-order valence-electron chi connectivity index (χ0n) is 20.9. The summed E-state index contributed by atoms with van der Waals surface area (Å²) in [5.41, 5.74) is 12.7. The molecule has 1 fully saturated rings. The zero-order valence-corrected chi connectivity index (χ0v) is 21.7. The maximum Gasteiger partial charge on any atom is 0.250 e. The Kier molecular flexibility index (Phi) is 6.35. The standard InChI is InChI=1S/C29H27ClN6O2/c1-35-17-24(22-13-20(28(31)37)15-34-29(22)35)19-5-6-25-23(12-19)27(36-7-9-38-10-8-36)26(16-33-25)32-14-18-3-2-4-21(30)11-18/h2-6,11-13,15-17,32H,7-10,14H2,1H3,(H2,31,37). The third kappa shape index (κ3) is 4.53. The number of rotatable bonds is 6. The van der Waals surface area contributed by atoms with Crippen LogP contribution in [0, 0.1) is 0 Å². The lowest BCUT2D eigenvalue weighted by Crippen LogP contribution is -2.36. The molecule has 0 saturated carbocycles. The molecule has 1 aliphatic heterocycles. The van der Waals surface area contributed by atoms with Gasteiger partial charge in [0.05, 0.1) is 41.9 Å². The van der Waals surface area contributed by atoms with E-state index in [2.05, 4.69) is 33.4 Å². The van der Waals surface area contributed by atoms with Crippen molar-refractivity contribution < 1.29 is 9.53 Å². The average molecular weight is 527 g/mol. The number of ether oxygens (including phenoxy) is 1. The smallest absolute Gasteiger partial charge is 0.250 e. The lowest BCUT2D eigenvalue weighted by molar-refractivity contribution is 0.1000. The van der Waals surface area contributed by atoms with Gasteiger partial charge in [-0.1, -0.05) is 29.8 Å². The van der Waals surface area contributed by atoms with Crippen LogP contribution in [0.2, 0.25) is 5.02 Å². The van der Waals surface area contributed by atoms with Crippen molar-refractivity contribution in [1.29, 1.82) is 0 Å². The fraction of sp³-hybridized carbons (Fsp3) is 0.207. The Morgan fingerprint density at radius 1 is 1.08 bits per heavy atom. The fourth-order valence-corrected chi connectivity index (χ4v) is 5.29. The van der Waals surface area contributed by atoms with Gasteiger partial charge in [-0.15, -0.1) is 0 Å². The van der Waals surface area contributed by atoms with Gasteiger partial charge in [-0.05, 0) is 41.5 Å². The van der Waals surface area contributed by atoms with E-state index in [9.17, 15) is 4.79 Å². The molecule has 6 rings (SSSR count). The number of nitrogens with one attached hydrogen (secondary N) is 1. The summed E-state index contributed by atoms with van der Waals surface area (Å²) in [6.45, 7) is 3.53. The molecule has 0 unspecified atom stereocenters. The van der Waals surface area contributed by atoms with Gasteiger partial charge in [0.25, 0.3) is 0 Å². The second kappa shape index (κ2) is 9.96. The molecule has 192 valence electrons. The summed E-state index contributed by atoms with van der Waals surface area (Å²) in [6.07, 6.45) is 5.46. The number of primary amides is 1. The number of anilines is 2. The molecule has 0 radical (unpaired) electrons. The van der Waals surface area contributed by atoms with E-state index in [0.29, 0.717) is 30.3 Å². The molecule has 0 aliphatic carbocycles. The van der Waals surface area contributed by atoms with E-state index in [-0.39, 0.29) is 0 Å². The first-order valence-corrected chi connectivity index (χ1v) is 12.8. The van der Waals surface area contributed by atoms with E-state index in [1.165, 1.54) is 6.20 Å². The molecule has 3 N–H and O–H groups in total. The van der Waals surface area contributed by atoms with Crippen LogP contribution in [0.3, 0.4) is 0 Å². The molecule has 0 spiro atoms. The van der Waals surface area contributed by atoms with Crippen LogP contribution < -0.4 is 16.0 Å². The van der Waals surface area contributed by atoms with Gasteiger partial charge in [0, 0.05) is 60.4 Å². The van der Waals surface area contributed by atoms with Crippen LogP contribution in [0.5, 0.6) is 0 Å². The topological polar surface area (TPSA) is 98.3 Å². The second-order valence-corrected chi connectivity index (χ2v) is 9.88. The van der Waals surface area contributed by atoms with Gasteiger partial charge < -0.3 is 25.3 Å². The molecular formula is C29H27ClN6O2. The SMILES string of the molecule is Cn1cc(-c2ccc3ncc(NCc4cccc(Cl)c4)c(N4CCOCC4)c3c2)c2cc(C(N)=O)cnc21. The predicted octanol–water partition coefficient (Wildman–Crippen LogP) is 4.99. The van der Waals surface area contributed by atoms with Gasteiger partial charge in [0.15, 0.2) is 0 Å². The number of halogens is 1. The molecule has 38 heavy (non-hydrogen) atoms. The Bertz CT molecular complexity index is 1680. The maximum atomic E-state index is 11.9. The van der Waals surface area contributed by atoms with E-state index >= 15 is 0 Å². The van der Waals surface area contributed by atoms with Crippen molar-refractivity contribution in [2.45, 2.75) is 6.54 Å². The molecule has 9 heteroatoms. The molecule has 1 saturated heterocycles. The highest BCUT2D eigenvalue weighted by molar-refractivity contribution is 6.30. The van der Waals surface area contributed by atoms with Crippen LogP contribution in [0.15, 0.2) is 67.1 Å². The summed E-state index contributed by atoms with van der Waals surface area (Å²) in [4.78, 5) is 23.5. The summed E-state index contributed by atoms with van der Waals surface area (Å²) < 4.78 is 7.61. The first kappa shape index (κ1) is 24.2. The highest BCUT2D eigenvalue weighted by Gasteiger charge is 2.20. The third-order valence-electron chi connectivity index (χ3n) is 6.95. The number of hydrogen-bond donors (Lipinski definition) is 2. The highest BCUT2D eigenvalue weighted by atomic mass is 35.5. The Hall–Kier alpha value is -4.14. The molecule has 3 aromatic heterocycles. The summed E-state index contributed by atoms with van der Waals surface area (Å²) in [7, 11) is 1.95. The van der Waals surface area contributed by atoms with Crippen molar-refractivity contribution in [2.24, 2.45) is 12.8 Å². The van der Waals surface area contributed by atoms with Crippen LogP contribution in [0.1, 0.15) is 15.9 Å². The summed E-state index contributed by atoms with van der Waals surface area (Å²) in [5.74, 6) is -0.498. The predicted molar refractivity (Wildman–Crippen MR) is 152 cm³/mol. The number of carbonyl (C=O) groups excluding carboxylic acids is 1. The van der Waals surface area contributed by atoms with Crippen LogP contribution >= 0.6 is 11.6 Å². The molecule has 5 aromatic rings. The minimum absolute atomic E-state index is 0.383. The number of benzene rings is 2. The van der Waals surface area contributed by atoms with E-state index in [1.807, 2.05) is 54.3 Å². The van der Waals surface area contributed by atoms with Gasteiger partial charge >= 0.3 is 0 Å². The van der Waals surface area contributed by atoms with Crippen molar-refractivity contribution in [2.75, 3.05) is 36.5 Å². The number of aromatic nitrogens is 3. The lowest BCUT2D eigenvalue weighted by atomic mass is 10.0. The zero-order chi connectivity index (χ0) is 26.2. The number of fused-ring (bicyclic) bond motifs is 2. The number of hydrogen-bond acceptors (Lipinski definition) is 6. The van der Waals surface area contributed by atoms with E-state index in [1.54, 1.807) is 0 Å². The Morgan fingerprint density at radius 2 is 1.92 bits per heavy atom. The van der Waals surface area contributed by atoms with Crippen molar-refractivity contribution in [3.05, 3.63) is 83.3 Å². The summed E-state index contributed by atoms with van der Waals surface area (Å²) in [5, 5.41) is 6.21. The largest absolute Gasteiger partial charge is 0.378 e. The monoisotopic (exact) mass is 526 g/mol. The highest BCUT2D eigenvalue weighted by Crippen LogP contribution is 2.38. The Balaban J connectivity index is 1.48. The number of morpholine rings is 1. The van der Waals surface area contributed by atoms with E-state index < -0.39 is 5.91 Å². The number of nitrogens with zero attached hydrogens (tertiary/aromatic N) is 4. The van der Waals surface area contributed by atoms with Gasteiger partial charge in [-0.2, -0.15) is 0 Å². The summed E-state index contributed by atoms with van der Waals surface area (Å²) >= 11 is 6.21. The quantitative estimate of drug-likeness (QED) is 0.323. The fourth-order valence-electron chi connectivity index (χ4n) is 5.07. The number of nitrogens with two attached hydrogens (primary N) is 1. The number of pyridine rings is 2. The van der Waals surface area contributed by atoms with E-state index in [4.69, 9.17) is 27.1 Å². The molecular weight excluding hydrogens is 500 g/mol. The molecule has 0 bridgehead atoms. The third-order valence-corrected chi connectivity index (χ3v) is 7.18. The first-order valence-electron chi connectivity index (χ1n) is 12.5. The molecule has 0 atom stereocenters. The molecule has 2 aromatic carbocycles. The van der Waals surface area contributed by atoms with Gasteiger partial charge in [-0.3, -0.25) is 9.78 Å². The minimum Gasteiger partial charge on any atom is -0.378 e. The van der Waals surface area contributed by atoms with Crippen molar-refractivity contribution in [3.8, 4) is 11.1 Å². The van der Waals surface area contributed by atoms with Crippen LogP contribution in [-0.2, 0) is 18.3 Å². The summed E-state index contributed by atoms with van der Waals surface area (Å²) in [6, 6.07) is 15.9. The number of aryl methyl sites for hydroxylation is 1. The first-order chi connectivity index (χ1) is 18.5. The normalized spacial score (nSPS) is 13.8. The molecule has 4 heterocycles. The molecule has 8 nitrogen and oxygen atoms in total. The Labute approximate surface area is 225 Å². The van der Waals surface area contributed by atoms with Gasteiger partial charge in [-0.25, -0.2) is 4.98 Å². The minimum atomic E-state index is -0.498. The van der Waals surface area contributed by atoms with Gasteiger partial charge in [0.2, 0.25) is 5.91 Å². The van der Waals surface area contributed by atoms with Crippen LogP contribution in [0.4, 0.5) is 11.4 Å². The van der Waals surface area contributed by atoms with Gasteiger partial charge in [0.1, 0.15) is 5.65 Å². The average Bonchev–Trinajstić information content (AvgIpc) is 3.27. The van der Waals surface area contributed by atoms with Crippen LogP contribution in [0.25, 0.3) is 33.1 Å². The molecule has 1 aliphatic rings. The molecule has 1 amide bonds. The second-order valence-electron chi connectivity index (χ2n) is 9.45. The number of carbonyl (C=O) groups is 1.